The molecule has 0 bridgehead atoms. The summed E-state index contributed by atoms with van der Waals surface area (Å²) in [5.41, 5.74) is 1.45. The Morgan fingerprint density at radius 2 is 1.83 bits per heavy atom. The average Bonchev–Trinajstić information content (AvgIpc) is 2.87. The van der Waals surface area contributed by atoms with Gasteiger partial charge in [0.1, 0.15) is 22.7 Å². The SMILES string of the molecule is COc1cccc(CN2CCC3NC(SCC(=O)Nc4cc(OC)cc(OC)c4)NC(=O)C3C2)c1. The van der Waals surface area contributed by atoms with E-state index < -0.39 is 0 Å². The average molecular weight is 501 g/mol. The van der Waals surface area contributed by atoms with Gasteiger partial charge in [-0.1, -0.05) is 12.1 Å². The minimum Gasteiger partial charge on any atom is -0.497 e. The molecule has 0 spiro atoms. The molecule has 0 aromatic heterocycles. The maximum absolute atomic E-state index is 12.9. The molecule has 2 heterocycles. The third-order valence-electron chi connectivity index (χ3n) is 6.23. The Labute approximate surface area is 209 Å². The summed E-state index contributed by atoms with van der Waals surface area (Å²) in [6, 6.07) is 13.3. The molecule has 9 nitrogen and oxygen atoms in total. The van der Waals surface area contributed by atoms with Crippen molar-refractivity contribution in [3.63, 3.8) is 0 Å². The van der Waals surface area contributed by atoms with Crippen LogP contribution < -0.4 is 30.2 Å². The predicted molar refractivity (Wildman–Crippen MR) is 136 cm³/mol. The van der Waals surface area contributed by atoms with E-state index >= 15 is 0 Å². The second kappa shape index (κ2) is 11.7. The number of carbonyl (C=O) groups is 2. The maximum Gasteiger partial charge on any atom is 0.234 e. The monoisotopic (exact) mass is 500 g/mol. The largest absolute Gasteiger partial charge is 0.497 e. The lowest BCUT2D eigenvalue weighted by Gasteiger charge is -2.43. The second-order valence-corrected chi connectivity index (χ2v) is 9.70. The first-order valence-electron chi connectivity index (χ1n) is 11.5. The number of anilines is 1. The standard InChI is InChI=1S/C25H32N4O5S/c1-32-18-6-4-5-16(9-18)13-29-8-7-22-21(14-29)24(31)28-25(27-22)35-15-23(30)26-17-10-19(33-2)12-20(11-17)34-3/h4-6,9-12,21-22,25,27H,7-8,13-15H2,1-3H3,(H,26,30)(H,28,31). The zero-order valence-corrected chi connectivity index (χ0v) is 21.0. The van der Waals surface area contributed by atoms with Crippen LogP contribution in [0.1, 0.15) is 12.0 Å². The van der Waals surface area contributed by atoms with Gasteiger partial charge in [0.2, 0.25) is 11.8 Å². The fourth-order valence-electron chi connectivity index (χ4n) is 4.46. The number of methoxy groups -OCH3 is 3. The molecule has 2 fully saturated rings. The van der Waals surface area contributed by atoms with E-state index in [0.29, 0.717) is 23.7 Å². The van der Waals surface area contributed by atoms with E-state index in [4.69, 9.17) is 14.2 Å². The Morgan fingerprint density at radius 1 is 1.09 bits per heavy atom. The lowest BCUT2D eigenvalue weighted by molar-refractivity contribution is -0.130. The molecule has 2 aromatic rings. The van der Waals surface area contributed by atoms with Crippen molar-refractivity contribution in [3.05, 3.63) is 48.0 Å². The molecule has 2 aromatic carbocycles. The predicted octanol–water partition coefficient (Wildman–Crippen LogP) is 2.28. The van der Waals surface area contributed by atoms with Gasteiger partial charge in [0.25, 0.3) is 0 Å². The molecule has 188 valence electrons. The Morgan fingerprint density at radius 3 is 2.54 bits per heavy atom. The van der Waals surface area contributed by atoms with Crippen LogP contribution in [0.15, 0.2) is 42.5 Å². The summed E-state index contributed by atoms with van der Waals surface area (Å²) in [6.07, 6.45) is 0.870. The maximum atomic E-state index is 12.9. The van der Waals surface area contributed by atoms with Gasteiger partial charge < -0.3 is 24.8 Å². The number of amides is 2. The minimum atomic E-state index is -0.306. The Hall–Kier alpha value is -2.95. The quantitative estimate of drug-likeness (QED) is 0.482. The van der Waals surface area contributed by atoms with E-state index in [-0.39, 0.29) is 35.0 Å². The zero-order chi connectivity index (χ0) is 24.8. The fourth-order valence-corrected chi connectivity index (χ4v) is 5.32. The number of hydrogen-bond acceptors (Lipinski definition) is 8. The summed E-state index contributed by atoms with van der Waals surface area (Å²) in [6.45, 7) is 2.37. The first kappa shape index (κ1) is 25.2. The van der Waals surface area contributed by atoms with Gasteiger partial charge in [-0.3, -0.25) is 19.8 Å². The minimum absolute atomic E-state index is 0.0273. The summed E-state index contributed by atoms with van der Waals surface area (Å²) in [5.74, 6) is 1.95. The topological polar surface area (TPSA) is 101 Å². The van der Waals surface area contributed by atoms with Gasteiger partial charge in [-0.2, -0.15) is 0 Å². The third kappa shape index (κ3) is 6.59. The van der Waals surface area contributed by atoms with Crippen LogP contribution in [0.4, 0.5) is 5.69 Å². The molecular formula is C25H32N4O5S. The molecule has 3 atom stereocenters. The summed E-state index contributed by atoms with van der Waals surface area (Å²) in [5, 5.41) is 9.39. The highest BCUT2D eigenvalue weighted by Crippen LogP contribution is 2.27. The van der Waals surface area contributed by atoms with Crippen LogP contribution in [0, 0.1) is 5.92 Å². The number of likely N-dealkylation sites (tertiary alicyclic amines) is 1. The van der Waals surface area contributed by atoms with Gasteiger partial charge >= 0.3 is 0 Å². The molecule has 3 unspecified atom stereocenters. The molecule has 0 radical (unpaired) electrons. The van der Waals surface area contributed by atoms with Crippen molar-refractivity contribution in [2.45, 2.75) is 24.5 Å². The Bertz CT molecular complexity index is 1030. The number of rotatable bonds is 9. The number of carbonyl (C=O) groups excluding carboxylic acids is 2. The van der Waals surface area contributed by atoms with Gasteiger partial charge in [0.15, 0.2) is 0 Å². The van der Waals surface area contributed by atoms with E-state index in [9.17, 15) is 9.59 Å². The Kier molecular flexibility index (Phi) is 8.37. The van der Waals surface area contributed by atoms with E-state index in [1.54, 1.807) is 39.5 Å². The van der Waals surface area contributed by atoms with Crippen molar-refractivity contribution in [1.29, 1.82) is 0 Å². The molecule has 2 aliphatic rings. The van der Waals surface area contributed by atoms with Gasteiger partial charge in [0, 0.05) is 49.6 Å². The van der Waals surface area contributed by atoms with Crippen LogP contribution in [0.2, 0.25) is 0 Å². The van der Waals surface area contributed by atoms with Crippen molar-refractivity contribution in [2.75, 3.05) is 45.5 Å². The smallest absolute Gasteiger partial charge is 0.234 e. The number of fused-ring (bicyclic) bond motifs is 1. The number of piperidine rings is 1. The van der Waals surface area contributed by atoms with E-state index in [1.807, 2.05) is 18.2 Å². The van der Waals surface area contributed by atoms with Crippen LogP contribution in [-0.2, 0) is 16.1 Å². The lowest BCUT2D eigenvalue weighted by Crippen LogP contribution is -2.64. The lowest BCUT2D eigenvalue weighted by atomic mass is 9.89. The van der Waals surface area contributed by atoms with Crippen LogP contribution >= 0.6 is 11.8 Å². The van der Waals surface area contributed by atoms with Crippen molar-refractivity contribution in [3.8, 4) is 17.2 Å². The molecule has 10 heteroatoms. The number of benzene rings is 2. The number of thioether (sulfide) groups is 1. The molecule has 0 saturated carbocycles. The molecule has 2 saturated heterocycles. The van der Waals surface area contributed by atoms with Crippen molar-refractivity contribution < 1.29 is 23.8 Å². The van der Waals surface area contributed by atoms with Gasteiger partial charge in [-0.25, -0.2) is 0 Å². The molecule has 4 rings (SSSR count). The molecular weight excluding hydrogens is 468 g/mol. The van der Waals surface area contributed by atoms with Crippen molar-refractivity contribution in [1.82, 2.24) is 15.5 Å². The molecule has 0 aliphatic carbocycles. The first-order valence-corrected chi connectivity index (χ1v) is 12.6. The van der Waals surface area contributed by atoms with Crippen LogP contribution in [-0.4, -0.2) is 68.4 Å². The van der Waals surface area contributed by atoms with Crippen molar-refractivity contribution >= 4 is 29.3 Å². The zero-order valence-electron chi connectivity index (χ0n) is 20.2. The molecule has 35 heavy (non-hydrogen) atoms. The van der Waals surface area contributed by atoms with Crippen LogP contribution in [0.5, 0.6) is 17.2 Å². The van der Waals surface area contributed by atoms with Crippen LogP contribution in [0.3, 0.4) is 0 Å². The molecule has 2 aliphatic heterocycles. The highest BCUT2D eigenvalue weighted by molar-refractivity contribution is 8.00. The number of nitrogens with zero attached hydrogens (tertiary/aromatic N) is 1. The van der Waals surface area contributed by atoms with Gasteiger partial charge in [0.05, 0.1) is 33.0 Å². The van der Waals surface area contributed by atoms with Crippen molar-refractivity contribution in [2.24, 2.45) is 5.92 Å². The summed E-state index contributed by atoms with van der Waals surface area (Å²) < 4.78 is 15.8. The summed E-state index contributed by atoms with van der Waals surface area (Å²) in [7, 11) is 4.78. The number of hydrogen-bond donors (Lipinski definition) is 3. The van der Waals surface area contributed by atoms with E-state index in [0.717, 1.165) is 25.3 Å². The third-order valence-corrected chi connectivity index (χ3v) is 7.25. The highest BCUT2D eigenvalue weighted by Gasteiger charge is 2.40. The van der Waals surface area contributed by atoms with Gasteiger partial charge in [-0.15, -0.1) is 11.8 Å². The number of nitrogens with one attached hydrogen (secondary N) is 3. The molecule has 2 amide bonds. The summed E-state index contributed by atoms with van der Waals surface area (Å²) >= 11 is 1.37. The molecule has 3 N–H and O–H groups in total. The van der Waals surface area contributed by atoms with E-state index in [1.165, 1.54) is 17.3 Å². The highest BCUT2D eigenvalue weighted by atomic mass is 32.2. The summed E-state index contributed by atoms with van der Waals surface area (Å²) in [4.78, 5) is 27.7. The first-order chi connectivity index (χ1) is 17.0. The number of ether oxygens (including phenoxy) is 3. The van der Waals surface area contributed by atoms with E-state index in [2.05, 4.69) is 26.9 Å². The second-order valence-electron chi connectivity index (χ2n) is 8.60. The fraction of sp³-hybridized carbons (Fsp3) is 0.440. The normalized spacial score (nSPS) is 22.0. The Balaban J connectivity index is 1.26. The van der Waals surface area contributed by atoms with Crippen LogP contribution in [0.25, 0.3) is 0 Å². The van der Waals surface area contributed by atoms with Gasteiger partial charge in [-0.05, 0) is 24.1 Å².